The lowest BCUT2D eigenvalue weighted by Crippen LogP contribution is -2.53. The number of rotatable bonds is 11. The molecule has 2 aromatic rings. The van der Waals surface area contributed by atoms with Crippen molar-refractivity contribution in [3.8, 4) is 5.75 Å². The quantitative estimate of drug-likeness (QED) is 0.268. The van der Waals surface area contributed by atoms with Crippen LogP contribution in [0, 0.1) is 5.92 Å². The first-order valence-electron chi connectivity index (χ1n) is 13.7. The summed E-state index contributed by atoms with van der Waals surface area (Å²) in [6, 6.07) is 9.08. The van der Waals surface area contributed by atoms with Gasteiger partial charge in [-0.3, -0.25) is 0 Å². The van der Waals surface area contributed by atoms with Crippen molar-refractivity contribution in [2.75, 3.05) is 44.2 Å². The number of amides is 2. The van der Waals surface area contributed by atoms with Crippen LogP contribution in [0.2, 0.25) is 0 Å². The second kappa shape index (κ2) is 13.2. The van der Waals surface area contributed by atoms with Crippen molar-refractivity contribution in [1.82, 2.24) is 15.2 Å². The zero-order valence-corrected chi connectivity index (χ0v) is 24.7. The number of benzene rings is 1. The molecule has 1 aromatic heterocycles. The Kier molecular flexibility index (Phi) is 10.2. The Morgan fingerprint density at radius 3 is 2.39 bits per heavy atom. The molecule has 0 unspecified atom stereocenters. The maximum atomic E-state index is 12.0. The van der Waals surface area contributed by atoms with Crippen molar-refractivity contribution in [3.63, 3.8) is 0 Å². The number of aromatic nitrogens is 1. The summed E-state index contributed by atoms with van der Waals surface area (Å²) in [5, 5.41) is 22.9. The molecular weight excluding hydrogens is 532 g/mol. The standard InChI is InChI=1S/C29H42N4O8/c1-28(2,3)40-25(35)23(34)18-39-21-9-10-22-20(14-21)8-11-24(31-22)32(15-19-16-33(17-19)27(37)38)13-7-12-30-26(36)41-29(4,5)6/h8-11,14,19,23,34H,7,12-13,15-18H2,1-6H3,(H,30,36)(H,37,38)/t23-/m0/s1. The van der Waals surface area contributed by atoms with Gasteiger partial charge < -0.3 is 39.5 Å². The molecule has 3 N–H and O–H groups in total. The molecule has 0 bridgehead atoms. The van der Waals surface area contributed by atoms with Crippen molar-refractivity contribution in [2.45, 2.75) is 65.3 Å². The number of aliphatic hydroxyl groups is 1. The van der Waals surface area contributed by atoms with Crippen molar-refractivity contribution in [3.05, 3.63) is 30.3 Å². The maximum absolute atomic E-state index is 12.0. The molecule has 0 radical (unpaired) electrons. The summed E-state index contributed by atoms with van der Waals surface area (Å²) in [6.07, 6.45) is -2.16. The molecule has 1 aromatic carbocycles. The van der Waals surface area contributed by atoms with Gasteiger partial charge >= 0.3 is 18.2 Å². The number of nitrogens with one attached hydrogen (secondary N) is 1. The van der Waals surface area contributed by atoms with Gasteiger partial charge in [0.2, 0.25) is 0 Å². The molecule has 0 aliphatic carbocycles. The van der Waals surface area contributed by atoms with Gasteiger partial charge in [0, 0.05) is 44.0 Å². The van der Waals surface area contributed by atoms with Gasteiger partial charge in [-0.25, -0.2) is 19.4 Å². The SMILES string of the molecule is CC(C)(C)OC(=O)NCCCN(CC1CN(C(=O)O)C1)c1ccc2cc(OC[C@H](O)C(=O)OC(C)(C)C)ccc2n1. The number of hydrogen-bond donors (Lipinski definition) is 3. The number of fused-ring (bicyclic) bond motifs is 1. The highest BCUT2D eigenvalue weighted by molar-refractivity contribution is 5.82. The molecule has 1 fully saturated rings. The summed E-state index contributed by atoms with van der Waals surface area (Å²) in [5.74, 6) is 0.638. The van der Waals surface area contributed by atoms with Gasteiger partial charge in [-0.05, 0) is 78.3 Å². The van der Waals surface area contributed by atoms with Gasteiger partial charge in [-0.2, -0.15) is 0 Å². The fourth-order valence-corrected chi connectivity index (χ4v) is 4.20. The number of nitrogens with zero attached hydrogens (tertiary/aromatic N) is 3. The highest BCUT2D eigenvalue weighted by Crippen LogP contribution is 2.25. The molecule has 12 nitrogen and oxygen atoms in total. The average Bonchev–Trinajstić information content (AvgIpc) is 2.82. The van der Waals surface area contributed by atoms with Gasteiger partial charge in [0.15, 0.2) is 6.10 Å². The highest BCUT2D eigenvalue weighted by Gasteiger charge is 2.32. The summed E-state index contributed by atoms with van der Waals surface area (Å²) in [5.41, 5.74) is -0.560. The number of ether oxygens (including phenoxy) is 3. The average molecular weight is 575 g/mol. The lowest BCUT2D eigenvalue weighted by molar-refractivity contribution is -0.166. The first kappa shape index (κ1) is 31.7. The summed E-state index contributed by atoms with van der Waals surface area (Å²) >= 11 is 0. The number of aliphatic hydroxyl groups excluding tert-OH is 1. The van der Waals surface area contributed by atoms with Crippen LogP contribution in [0.3, 0.4) is 0 Å². The van der Waals surface area contributed by atoms with Crippen LogP contribution in [-0.2, 0) is 14.3 Å². The number of carbonyl (C=O) groups excluding carboxylic acids is 2. The lowest BCUT2D eigenvalue weighted by atomic mass is 10.00. The van der Waals surface area contributed by atoms with Crippen molar-refractivity contribution < 1.29 is 38.8 Å². The smallest absolute Gasteiger partial charge is 0.407 e. The number of pyridine rings is 1. The minimum Gasteiger partial charge on any atom is -0.490 e. The van der Waals surface area contributed by atoms with Gasteiger partial charge in [-0.1, -0.05) is 0 Å². The summed E-state index contributed by atoms with van der Waals surface area (Å²) in [6.45, 7) is 12.9. The molecule has 2 heterocycles. The third kappa shape index (κ3) is 10.3. The third-order valence-electron chi connectivity index (χ3n) is 6.04. The lowest BCUT2D eigenvalue weighted by Gasteiger charge is -2.40. The van der Waals surface area contributed by atoms with E-state index in [2.05, 4.69) is 10.2 Å². The van der Waals surface area contributed by atoms with E-state index in [1.54, 1.807) is 59.7 Å². The van der Waals surface area contributed by atoms with E-state index in [0.717, 1.165) is 16.7 Å². The van der Waals surface area contributed by atoms with Gasteiger partial charge in [0.25, 0.3) is 0 Å². The molecule has 1 aliphatic heterocycles. The van der Waals surface area contributed by atoms with Gasteiger partial charge in [0.05, 0.1) is 5.52 Å². The van der Waals surface area contributed by atoms with Crippen LogP contribution in [0.5, 0.6) is 5.75 Å². The Morgan fingerprint density at radius 2 is 1.76 bits per heavy atom. The number of alkyl carbamates (subject to hydrolysis) is 1. The zero-order chi connectivity index (χ0) is 30.4. The number of likely N-dealkylation sites (tertiary alicyclic amines) is 1. The largest absolute Gasteiger partial charge is 0.490 e. The predicted molar refractivity (Wildman–Crippen MR) is 153 cm³/mol. The Hall–Kier alpha value is -3.80. The Balaban J connectivity index is 1.64. The maximum Gasteiger partial charge on any atom is 0.407 e. The molecule has 12 heteroatoms. The number of anilines is 1. The van der Waals surface area contributed by atoms with Crippen LogP contribution >= 0.6 is 0 Å². The van der Waals surface area contributed by atoms with Crippen LogP contribution in [-0.4, -0.2) is 94.9 Å². The molecule has 2 amide bonds. The Labute approximate surface area is 240 Å². The van der Waals surface area contributed by atoms with E-state index in [1.807, 2.05) is 12.1 Å². The number of esters is 1. The minimum absolute atomic E-state index is 0.176. The molecule has 1 aliphatic rings. The van der Waals surface area contributed by atoms with Crippen molar-refractivity contribution in [2.24, 2.45) is 5.92 Å². The molecule has 0 spiro atoms. The second-order valence-corrected chi connectivity index (χ2v) is 12.2. The summed E-state index contributed by atoms with van der Waals surface area (Å²) < 4.78 is 16.1. The van der Waals surface area contributed by atoms with Crippen molar-refractivity contribution >= 4 is 34.9 Å². The molecule has 1 saturated heterocycles. The normalized spacial score (nSPS) is 14.7. The number of carboxylic acid groups (broad SMARTS) is 1. The van der Waals surface area contributed by atoms with Gasteiger partial charge in [-0.15, -0.1) is 0 Å². The first-order chi connectivity index (χ1) is 19.1. The van der Waals surface area contributed by atoms with E-state index < -0.39 is 35.5 Å². The van der Waals surface area contributed by atoms with Crippen LogP contribution in [0.1, 0.15) is 48.0 Å². The van der Waals surface area contributed by atoms with E-state index in [9.17, 15) is 24.6 Å². The van der Waals surface area contributed by atoms with E-state index in [0.29, 0.717) is 44.9 Å². The molecule has 41 heavy (non-hydrogen) atoms. The van der Waals surface area contributed by atoms with Crippen LogP contribution in [0.4, 0.5) is 15.4 Å². The molecular formula is C29H42N4O8. The van der Waals surface area contributed by atoms with Gasteiger partial charge in [0.1, 0.15) is 29.4 Å². The van der Waals surface area contributed by atoms with E-state index >= 15 is 0 Å². The van der Waals surface area contributed by atoms with Crippen LogP contribution in [0.15, 0.2) is 30.3 Å². The van der Waals surface area contributed by atoms with E-state index in [1.165, 1.54) is 4.90 Å². The predicted octanol–water partition coefficient (Wildman–Crippen LogP) is 3.65. The van der Waals surface area contributed by atoms with Crippen LogP contribution in [0.25, 0.3) is 10.9 Å². The molecule has 3 rings (SSSR count). The minimum atomic E-state index is -1.41. The fraction of sp³-hybridized carbons (Fsp3) is 0.586. The summed E-state index contributed by atoms with van der Waals surface area (Å²) in [7, 11) is 0. The van der Waals surface area contributed by atoms with Crippen molar-refractivity contribution in [1.29, 1.82) is 0 Å². The monoisotopic (exact) mass is 574 g/mol. The first-order valence-corrected chi connectivity index (χ1v) is 13.7. The van der Waals surface area contributed by atoms with E-state index in [4.69, 9.17) is 19.2 Å². The Bertz CT molecular complexity index is 1220. The molecule has 1 atom stereocenters. The third-order valence-corrected chi connectivity index (χ3v) is 6.04. The highest BCUT2D eigenvalue weighted by atomic mass is 16.6. The molecule has 226 valence electrons. The topological polar surface area (TPSA) is 151 Å². The summed E-state index contributed by atoms with van der Waals surface area (Å²) in [4.78, 5) is 43.5. The number of carbonyl (C=O) groups is 3. The zero-order valence-electron chi connectivity index (χ0n) is 24.7. The number of hydrogen-bond acceptors (Lipinski definition) is 9. The second-order valence-electron chi connectivity index (χ2n) is 12.2. The van der Waals surface area contributed by atoms with Crippen LogP contribution < -0.4 is 15.0 Å². The van der Waals surface area contributed by atoms with E-state index in [-0.39, 0.29) is 12.5 Å². The molecule has 0 saturated carbocycles. The fourth-order valence-electron chi connectivity index (χ4n) is 4.20. The Morgan fingerprint density at radius 1 is 1.07 bits per heavy atom.